The fourth-order valence-corrected chi connectivity index (χ4v) is 2.41. The number of hydrogen-bond acceptors (Lipinski definition) is 4. The summed E-state index contributed by atoms with van der Waals surface area (Å²) in [7, 11) is 3.73. The fourth-order valence-electron chi connectivity index (χ4n) is 2.41. The number of aryl methyl sites for hydroxylation is 2. The average molecular weight is 276 g/mol. The molecular formula is C14H20N4O2. The molecule has 1 atom stereocenters. The molecule has 2 rings (SSSR count). The summed E-state index contributed by atoms with van der Waals surface area (Å²) < 4.78 is 1.68. The van der Waals surface area contributed by atoms with Crippen molar-refractivity contribution in [1.82, 2.24) is 14.8 Å². The number of aromatic nitrogens is 3. The quantitative estimate of drug-likeness (QED) is 0.927. The lowest BCUT2D eigenvalue weighted by molar-refractivity contribution is 0.0697. The van der Waals surface area contributed by atoms with Crippen molar-refractivity contribution >= 4 is 22.7 Å². The highest BCUT2D eigenvalue weighted by atomic mass is 16.4. The summed E-state index contributed by atoms with van der Waals surface area (Å²) in [6, 6.07) is 0.235. The fraction of sp³-hybridized carbons (Fsp3) is 0.500. The molecule has 2 aromatic heterocycles. The van der Waals surface area contributed by atoms with Gasteiger partial charge in [0.25, 0.3) is 0 Å². The molecule has 0 radical (unpaired) electrons. The molecule has 0 amide bonds. The van der Waals surface area contributed by atoms with Crippen LogP contribution in [0.4, 0.5) is 5.69 Å². The Morgan fingerprint density at radius 2 is 2.20 bits per heavy atom. The number of hydrogen-bond donors (Lipinski definition) is 1. The topological polar surface area (TPSA) is 71.2 Å². The number of carbonyl (C=O) groups is 1. The zero-order chi connectivity index (χ0) is 15.0. The monoisotopic (exact) mass is 276 g/mol. The third-order valence-electron chi connectivity index (χ3n) is 3.83. The number of nitrogens with zero attached hydrogens (tertiary/aromatic N) is 4. The molecule has 1 N–H and O–H groups in total. The maximum atomic E-state index is 11.5. The van der Waals surface area contributed by atoms with E-state index < -0.39 is 5.97 Å². The van der Waals surface area contributed by atoms with Gasteiger partial charge in [0.15, 0.2) is 5.65 Å². The van der Waals surface area contributed by atoms with E-state index in [0.29, 0.717) is 11.3 Å². The predicted octanol–water partition coefficient (Wildman–Crippen LogP) is 2.21. The SMILES string of the molecule is CCC(C)N(C)c1c(C(=O)O)cnc2c1c(C)nn2C. The van der Waals surface area contributed by atoms with Gasteiger partial charge in [0, 0.05) is 26.3 Å². The molecule has 2 heterocycles. The van der Waals surface area contributed by atoms with Crippen molar-refractivity contribution in [3.05, 3.63) is 17.5 Å². The van der Waals surface area contributed by atoms with E-state index in [1.165, 1.54) is 6.20 Å². The van der Waals surface area contributed by atoms with Crippen LogP contribution in [0.5, 0.6) is 0 Å². The number of pyridine rings is 1. The molecule has 0 spiro atoms. The summed E-state index contributed by atoms with van der Waals surface area (Å²) in [5.74, 6) is -0.965. The number of fused-ring (bicyclic) bond motifs is 1. The Hall–Kier alpha value is -2.11. The first kappa shape index (κ1) is 14.3. The van der Waals surface area contributed by atoms with E-state index in [1.54, 1.807) is 4.68 Å². The molecule has 1 unspecified atom stereocenters. The number of carboxylic acid groups (broad SMARTS) is 1. The van der Waals surface area contributed by atoms with Gasteiger partial charge in [-0.15, -0.1) is 0 Å². The van der Waals surface area contributed by atoms with E-state index in [4.69, 9.17) is 0 Å². The lowest BCUT2D eigenvalue weighted by Crippen LogP contribution is -2.30. The minimum atomic E-state index is -0.965. The third kappa shape index (κ3) is 2.11. The summed E-state index contributed by atoms with van der Waals surface area (Å²) in [5, 5.41) is 14.6. The highest BCUT2D eigenvalue weighted by Gasteiger charge is 2.23. The highest BCUT2D eigenvalue weighted by Crippen LogP contribution is 2.32. The Morgan fingerprint density at radius 1 is 1.55 bits per heavy atom. The minimum Gasteiger partial charge on any atom is -0.478 e. The first-order chi connectivity index (χ1) is 9.38. The van der Waals surface area contributed by atoms with Gasteiger partial charge >= 0.3 is 5.97 Å². The van der Waals surface area contributed by atoms with Gasteiger partial charge in [-0.2, -0.15) is 5.10 Å². The molecule has 0 aromatic carbocycles. The Morgan fingerprint density at radius 3 is 2.75 bits per heavy atom. The van der Waals surface area contributed by atoms with Crippen molar-refractivity contribution in [1.29, 1.82) is 0 Å². The van der Waals surface area contributed by atoms with Gasteiger partial charge in [-0.05, 0) is 20.3 Å². The number of rotatable bonds is 4. The number of anilines is 1. The van der Waals surface area contributed by atoms with Gasteiger partial charge in [-0.3, -0.25) is 4.68 Å². The van der Waals surface area contributed by atoms with Crippen LogP contribution in [0, 0.1) is 6.92 Å². The molecule has 0 saturated carbocycles. The van der Waals surface area contributed by atoms with Crippen molar-refractivity contribution in [2.75, 3.05) is 11.9 Å². The van der Waals surface area contributed by atoms with E-state index in [-0.39, 0.29) is 11.6 Å². The smallest absolute Gasteiger partial charge is 0.339 e. The summed E-state index contributed by atoms with van der Waals surface area (Å²) in [6.45, 7) is 6.03. The van der Waals surface area contributed by atoms with Crippen molar-refractivity contribution in [2.24, 2.45) is 7.05 Å². The molecule has 0 aliphatic rings. The Labute approximate surface area is 118 Å². The Balaban J connectivity index is 2.81. The first-order valence-electron chi connectivity index (χ1n) is 6.66. The minimum absolute atomic E-state index is 0.219. The third-order valence-corrected chi connectivity index (χ3v) is 3.83. The van der Waals surface area contributed by atoms with Crippen LogP contribution in [-0.2, 0) is 7.05 Å². The van der Waals surface area contributed by atoms with Crippen LogP contribution < -0.4 is 4.90 Å². The maximum Gasteiger partial charge on any atom is 0.339 e. The molecule has 0 saturated heterocycles. The summed E-state index contributed by atoms with van der Waals surface area (Å²) in [5.41, 5.74) is 2.42. The number of carboxylic acids is 1. The van der Waals surface area contributed by atoms with Gasteiger partial charge in [-0.25, -0.2) is 9.78 Å². The first-order valence-corrected chi connectivity index (χ1v) is 6.66. The average Bonchev–Trinajstić information content (AvgIpc) is 2.71. The molecule has 6 heteroatoms. The van der Waals surface area contributed by atoms with Gasteiger partial charge in [-0.1, -0.05) is 6.92 Å². The molecule has 20 heavy (non-hydrogen) atoms. The second-order valence-corrected chi connectivity index (χ2v) is 5.10. The van der Waals surface area contributed by atoms with E-state index in [9.17, 15) is 9.90 Å². The number of aromatic carboxylic acids is 1. The van der Waals surface area contributed by atoms with Crippen molar-refractivity contribution in [2.45, 2.75) is 33.2 Å². The zero-order valence-corrected chi connectivity index (χ0v) is 12.5. The Bertz CT molecular complexity index is 663. The molecule has 0 fully saturated rings. The molecular weight excluding hydrogens is 256 g/mol. The lowest BCUT2D eigenvalue weighted by atomic mass is 10.1. The summed E-state index contributed by atoms with van der Waals surface area (Å²) in [6.07, 6.45) is 2.35. The van der Waals surface area contributed by atoms with Crippen LogP contribution >= 0.6 is 0 Å². The van der Waals surface area contributed by atoms with Crippen LogP contribution in [0.3, 0.4) is 0 Å². The van der Waals surface area contributed by atoms with Crippen LogP contribution in [0.1, 0.15) is 36.3 Å². The van der Waals surface area contributed by atoms with Gasteiger partial charge in [0.05, 0.1) is 16.8 Å². The van der Waals surface area contributed by atoms with E-state index in [2.05, 4.69) is 23.9 Å². The van der Waals surface area contributed by atoms with Crippen LogP contribution in [0.2, 0.25) is 0 Å². The summed E-state index contributed by atoms with van der Waals surface area (Å²) >= 11 is 0. The van der Waals surface area contributed by atoms with Crippen molar-refractivity contribution in [3.8, 4) is 0 Å². The molecule has 0 aliphatic heterocycles. The van der Waals surface area contributed by atoms with Crippen LogP contribution in [0.25, 0.3) is 11.0 Å². The van der Waals surface area contributed by atoms with Gasteiger partial charge in [0.1, 0.15) is 5.56 Å². The molecule has 2 aromatic rings. The second kappa shape index (κ2) is 5.11. The van der Waals surface area contributed by atoms with Gasteiger partial charge < -0.3 is 10.0 Å². The van der Waals surface area contributed by atoms with E-state index in [0.717, 1.165) is 17.5 Å². The van der Waals surface area contributed by atoms with Crippen molar-refractivity contribution < 1.29 is 9.90 Å². The normalized spacial score (nSPS) is 12.7. The molecule has 0 bridgehead atoms. The lowest BCUT2D eigenvalue weighted by Gasteiger charge is -2.28. The molecule has 108 valence electrons. The predicted molar refractivity (Wildman–Crippen MR) is 78.4 cm³/mol. The highest BCUT2D eigenvalue weighted by molar-refractivity contribution is 6.04. The van der Waals surface area contributed by atoms with Crippen LogP contribution in [0.15, 0.2) is 6.20 Å². The van der Waals surface area contributed by atoms with Gasteiger partial charge in [0.2, 0.25) is 0 Å². The largest absolute Gasteiger partial charge is 0.478 e. The maximum absolute atomic E-state index is 11.5. The summed E-state index contributed by atoms with van der Waals surface area (Å²) in [4.78, 5) is 17.8. The standard InChI is InChI=1S/C14H20N4O2/c1-6-8(2)17(4)12-10(14(19)20)7-15-13-11(12)9(3)16-18(13)5/h7-8H,6H2,1-5H3,(H,19,20). The Kier molecular flexibility index (Phi) is 3.65. The van der Waals surface area contributed by atoms with E-state index in [1.807, 2.05) is 25.9 Å². The second-order valence-electron chi connectivity index (χ2n) is 5.10. The van der Waals surface area contributed by atoms with E-state index >= 15 is 0 Å². The molecule has 0 aliphatic carbocycles. The van der Waals surface area contributed by atoms with Crippen molar-refractivity contribution in [3.63, 3.8) is 0 Å². The van der Waals surface area contributed by atoms with Crippen LogP contribution in [-0.4, -0.2) is 38.9 Å². The zero-order valence-electron chi connectivity index (χ0n) is 12.5. The molecule has 6 nitrogen and oxygen atoms in total.